The number of halogens is 3. The first-order chi connectivity index (χ1) is 18.4. The van der Waals surface area contributed by atoms with Crippen molar-refractivity contribution in [1.82, 2.24) is 25.3 Å². The zero-order valence-corrected chi connectivity index (χ0v) is 24.4. The molecule has 0 saturated heterocycles. The molecule has 0 radical (unpaired) electrons. The summed E-state index contributed by atoms with van der Waals surface area (Å²) < 4.78 is 20.7. The van der Waals surface area contributed by atoms with Gasteiger partial charge >= 0.3 is 6.09 Å². The molecule has 0 unspecified atom stereocenters. The molecule has 0 saturated carbocycles. The van der Waals surface area contributed by atoms with Crippen LogP contribution in [0.2, 0.25) is 0 Å². The lowest BCUT2D eigenvalue weighted by molar-refractivity contribution is -0.119. The highest BCUT2D eigenvalue weighted by molar-refractivity contribution is 7.85. The number of nitrogens with zero attached hydrogens (tertiary/aromatic N) is 5. The summed E-state index contributed by atoms with van der Waals surface area (Å²) in [6, 6.07) is 0. The monoisotopic (exact) mass is 617 g/mol. The van der Waals surface area contributed by atoms with Crippen molar-refractivity contribution in [3.05, 3.63) is 30.0 Å². The molecule has 2 amide bonds. The first-order valence-corrected chi connectivity index (χ1v) is 14.2. The van der Waals surface area contributed by atoms with Gasteiger partial charge in [0.25, 0.3) is 9.70 Å². The summed E-state index contributed by atoms with van der Waals surface area (Å²) in [7, 11) is 0.288. The standard InChI is InChI=1S/C23H26Cl3N7O5S/c1-22(2,12-38-21(35)31-19(34)23(24,25)26)32-18-16-15(6-9-39(16)36)29-20(30-18)33-7-4-13(5-8-33)17-27-10-14(37-3)11-28-17/h4,10-11H,5-9,12H2,1-3H3,(H,29,30,32)(H,31,34,35)/t39-/m1/s1. The van der Waals surface area contributed by atoms with E-state index in [4.69, 9.17) is 54.2 Å². The highest BCUT2D eigenvalue weighted by Gasteiger charge is 2.34. The van der Waals surface area contributed by atoms with Crippen molar-refractivity contribution >= 4 is 74.9 Å². The molecule has 2 N–H and O–H groups in total. The summed E-state index contributed by atoms with van der Waals surface area (Å²) in [5.74, 6) is 1.43. The summed E-state index contributed by atoms with van der Waals surface area (Å²) >= 11 is 16.4. The summed E-state index contributed by atoms with van der Waals surface area (Å²) in [5.41, 5.74) is 0.851. The van der Waals surface area contributed by atoms with E-state index in [9.17, 15) is 13.8 Å². The third-order valence-corrected chi connectivity index (χ3v) is 7.79. The zero-order chi connectivity index (χ0) is 28.4. The Bertz CT molecular complexity index is 1320. The van der Waals surface area contributed by atoms with Gasteiger partial charge in [-0.15, -0.1) is 0 Å². The molecule has 2 aromatic rings. The van der Waals surface area contributed by atoms with Crippen LogP contribution >= 0.6 is 34.8 Å². The topological polar surface area (TPSA) is 149 Å². The number of ether oxygens (including phenoxy) is 2. The molecule has 0 bridgehead atoms. The van der Waals surface area contributed by atoms with Crippen LogP contribution < -0.4 is 20.3 Å². The number of alkyl carbamates (subject to hydrolysis) is 1. The number of nitrogens with one attached hydrogen (secondary N) is 2. The number of hydrogen-bond acceptors (Lipinski definition) is 11. The maximum atomic E-state index is 12.8. The fraction of sp³-hybridized carbons (Fsp3) is 0.478. The molecule has 4 rings (SSSR count). The Hall–Kier alpha value is -2.74. The lowest BCUT2D eigenvalue weighted by Crippen LogP contribution is -2.43. The highest BCUT2D eigenvalue weighted by Crippen LogP contribution is 2.33. The fourth-order valence-electron chi connectivity index (χ4n) is 3.85. The van der Waals surface area contributed by atoms with Crippen molar-refractivity contribution < 1.29 is 23.3 Å². The Labute approximate surface area is 242 Å². The number of imide groups is 1. The van der Waals surface area contributed by atoms with Gasteiger partial charge in [-0.25, -0.2) is 19.7 Å². The largest absolute Gasteiger partial charge is 0.494 e. The Morgan fingerprint density at radius 2 is 1.87 bits per heavy atom. The van der Waals surface area contributed by atoms with Gasteiger partial charge in [0.1, 0.15) is 17.3 Å². The molecule has 0 spiro atoms. The van der Waals surface area contributed by atoms with E-state index < -0.39 is 32.1 Å². The second-order valence-electron chi connectivity index (χ2n) is 9.36. The molecule has 4 heterocycles. The number of aromatic nitrogens is 4. The van der Waals surface area contributed by atoms with Gasteiger partial charge in [0.15, 0.2) is 11.6 Å². The molecule has 0 aliphatic carbocycles. The summed E-state index contributed by atoms with van der Waals surface area (Å²) in [6.45, 7) is 4.51. The minimum absolute atomic E-state index is 0.176. The van der Waals surface area contributed by atoms with Crippen molar-refractivity contribution in [3.8, 4) is 5.75 Å². The van der Waals surface area contributed by atoms with Crippen molar-refractivity contribution in [3.63, 3.8) is 0 Å². The second kappa shape index (κ2) is 11.8. The molecule has 0 aromatic carbocycles. The number of carbonyl (C=O) groups is 2. The van der Waals surface area contributed by atoms with Crippen LogP contribution in [0.3, 0.4) is 0 Å². The number of carbonyl (C=O) groups excluding carboxylic acids is 2. The SMILES string of the molecule is COc1cnc(C2=CCN(c3nc4c(c(NC(C)(C)COC(=O)NC(=O)C(Cl)(Cl)Cl)n3)[S@](=O)CC4)CC2)nc1. The van der Waals surface area contributed by atoms with E-state index in [0.29, 0.717) is 65.6 Å². The number of anilines is 2. The van der Waals surface area contributed by atoms with Gasteiger partial charge in [0.2, 0.25) is 5.95 Å². The molecule has 210 valence electrons. The van der Waals surface area contributed by atoms with Gasteiger partial charge in [0, 0.05) is 25.3 Å². The van der Waals surface area contributed by atoms with Gasteiger partial charge in [-0.1, -0.05) is 40.9 Å². The van der Waals surface area contributed by atoms with Crippen LogP contribution in [0.1, 0.15) is 31.8 Å². The molecular formula is C23H26Cl3N7O5S. The molecule has 12 nitrogen and oxygen atoms in total. The van der Waals surface area contributed by atoms with Crippen LogP contribution in [0.4, 0.5) is 16.6 Å². The Morgan fingerprint density at radius 1 is 1.15 bits per heavy atom. The second-order valence-corrected chi connectivity index (χ2v) is 13.1. The number of alkyl halides is 3. The van der Waals surface area contributed by atoms with E-state index >= 15 is 0 Å². The van der Waals surface area contributed by atoms with E-state index in [0.717, 1.165) is 5.57 Å². The number of amides is 2. The Kier molecular flexibility index (Phi) is 8.84. The number of methoxy groups -OCH3 is 1. The number of rotatable bonds is 7. The normalized spacial score (nSPS) is 17.2. The van der Waals surface area contributed by atoms with E-state index in [1.165, 1.54) is 0 Å². The Morgan fingerprint density at radius 3 is 2.49 bits per heavy atom. The molecule has 2 aromatic heterocycles. The van der Waals surface area contributed by atoms with Crippen LogP contribution in [-0.4, -0.2) is 78.0 Å². The summed E-state index contributed by atoms with van der Waals surface area (Å²) in [4.78, 5) is 44.3. The zero-order valence-electron chi connectivity index (χ0n) is 21.3. The lowest BCUT2D eigenvalue weighted by atomic mass is 10.1. The molecule has 2 aliphatic heterocycles. The van der Waals surface area contributed by atoms with Crippen molar-refractivity contribution in [2.75, 3.05) is 42.8 Å². The van der Waals surface area contributed by atoms with E-state index in [-0.39, 0.29) is 6.61 Å². The van der Waals surface area contributed by atoms with Crippen LogP contribution in [0.15, 0.2) is 23.4 Å². The van der Waals surface area contributed by atoms with Crippen molar-refractivity contribution in [1.29, 1.82) is 0 Å². The van der Waals surface area contributed by atoms with Crippen LogP contribution in [0.25, 0.3) is 5.57 Å². The minimum atomic E-state index is -2.30. The van der Waals surface area contributed by atoms with E-state index in [1.807, 2.05) is 16.3 Å². The van der Waals surface area contributed by atoms with Crippen LogP contribution in [0, 0.1) is 0 Å². The minimum Gasteiger partial charge on any atom is -0.494 e. The van der Waals surface area contributed by atoms with E-state index in [1.54, 1.807) is 33.4 Å². The fourth-order valence-corrected chi connectivity index (χ4v) is 5.30. The van der Waals surface area contributed by atoms with Gasteiger partial charge in [-0.05, 0) is 25.8 Å². The number of hydrogen-bond donors (Lipinski definition) is 2. The Balaban J connectivity index is 1.48. The van der Waals surface area contributed by atoms with Crippen molar-refractivity contribution in [2.45, 2.75) is 40.9 Å². The molecule has 16 heteroatoms. The van der Waals surface area contributed by atoms with Gasteiger partial charge < -0.3 is 19.7 Å². The van der Waals surface area contributed by atoms with Crippen LogP contribution in [-0.2, 0) is 26.8 Å². The summed E-state index contributed by atoms with van der Waals surface area (Å²) in [5, 5.41) is 5.08. The molecule has 39 heavy (non-hydrogen) atoms. The first-order valence-electron chi connectivity index (χ1n) is 11.8. The third-order valence-electron chi connectivity index (χ3n) is 5.81. The van der Waals surface area contributed by atoms with E-state index in [2.05, 4.69) is 15.3 Å². The van der Waals surface area contributed by atoms with Crippen LogP contribution in [0.5, 0.6) is 5.75 Å². The lowest BCUT2D eigenvalue weighted by Gasteiger charge is -2.30. The average molecular weight is 619 g/mol. The third kappa shape index (κ3) is 7.27. The van der Waals surface area contributed by atoms with Crippen molar-refractivity contribution in [2.24, 2.45) is 0 Å². The smallest absolute Gasteiger partial charge is 0.414 e. The number of aryl methyl sites for hydroxylation is 1. The molecule has 1 atom stereocenters. The molecule has 0 fully saturated rings. The summed E-state index contributed by atoms with van der Waals surface area (Å²) in [6.07, 6.45) is 5.45. The highest BCUT2D eigenvalue weighted by atomic mass is 35.6. The predicted molar refractivity (Wildman–Crippen MR) is 148 cm³/mol. The quantitative estimate of drug-likeness (QED) is 0.441. The van der Waals surface area contributed by atoms with Gasteiger partial charge in [-0.2, -0.15) is 4.98 Å². The molecule has 2 aliphatic rings. The number of fused-ring (bicyclic) bond motifs is 1. The predicted octanol–water partition coefficient (Wildman–Crippen LogP) is 3.05. The average Bonchev–Trinajstić information content (AvgIpc) is 3.28. The van der Waals surface area contributed by atoms with Gasteiger partial charge in [0.05, 0.1) is 41.5 Å². The maximum absolute atomic E-state index is 12.8. The first kappa shape index (κ1) is 29.2. The molecular weight excluding hydrogens is 593 g/mol. The van der Waals surface area contributed by atoms with Gasteiger partial charge in [-0.3, -0.25) is 14.3 Å². The maximum Gasteiger partial charge on any atom is 0.414 e.